The summed E-state index contributed by atoms with van der Waals surface area (Å²) in [4.78, 5) is 16.1. The monoisotopic (exact) mass is 371 g/mol. The molecule has 0 aliphatic carbocycles. The molecule has 0 bridgehead atoms. The van der Waals surface area contributed by atoms with Gasteiger partial charge in [0, 0.05) is 0 Å². The number of para-hydroxylation sites is 1. The van der Waals surface area contributed by atoms with Crippen LogP contribution in [0.4, 0.5) is 30.4 Å². The van der Waals surface area contributed by atoms with Gasteiger partial charge in [-0.25, -0.2) is 4.98 Å². The number of nitrogens with one attached hydrogen (secondary N) is 2. The van der Waals surface area contributed by atoms with E-state index in [-0.39, 0.29) is 18.0 Å². The first-order chi connectivity index (χ1) is 12.9. The summed E-state index contributed by atoms with van der Waals surface area (Å²) in [7, 11) is 0. The minimum absolute atomic E-state index is 0.0623. The van der Waals surface area contributed by atoms with E-state index >= 15 is 0 Å². The molecule has 0 radical (unpaired) electrons. The Hall–Kier alpha value is -3.35. The van der Waals surface area contributed by atoms with E-state index in [0.717, 1.165) is 11.6 Å². The Balaban J connectivity index is 1.65. The molecule has 138 valence electrons. The highest BCUT2D eigenvalue weighted by atomic mass is 19.4. The van der Waals surface area contributed by atoms with Crippen molar-refractivity contribution in [2.24, 2.45) is 0 Å². The van der Waals surface area contributed by atoms with Gasteiger partial charge in [-0.3, -0.25) is 4.79 Å². The van der Waals surface area contributed by atoms with Crippen LogP contribution >= 0.6 is 0 Å². The number of hydrogen-bond acceptors (Lipinski definition) is 3. The Morgan fingerprint density at radius 2 is 1.63 bits per heavy atom. The second-order valence-corrected chi connectivity index (χ2v) is 5.81. The number of amides is 1. The fourth-order valence-electron chi connectivity index (χ4n) is 2.50. The third-order valence-corrected chi connectivity index (χ3v) is 3.75. The molecular formula is C20H16F3N3O. The van der Waals surface area contributed by atoms with Gasteiger partial charge in [0.1, 0.15) is 5.82 Å². The lowest BCUT2D eigenvalue weighted by atomic mass is 10.1. The van der Waals surface area contributed by atoms with Crippen LogP contribution < -0.4 is 10.6 Å². The highest BCUT2D eigenvalue weighted by molar-refractivity contribution is 5.91. The van der Waals surface area contributed by atoms with Crippen LogP contribution in [0.2, 0.25) is 0 Å². The Morgan fingerprint density at radius 3 is 2.30 bits per heavy atom. The zero-order valence-corrected chi connectivity index (χ0v) is 14.1. The van der Waals surface area contributed by atoms with E-state index in [1.54, 1.807) is 6.07 Å². The minimum Gasteiger partial charge on any atom is -0.354 e. The van der Waals surface area contributed by atoms with Crippen LogP contribution in [0.5, 0.6) is 0 Å². The second-order valence-electron chi connectivity index (χ2n) is 5.81. The molecule has 0 saturated carbocycles. The molecule has 0 spiro atoms. The molecule has 0 aliphatic rings. The van der Waals surface area contributed by atoms with Crippen molar-refractivity contribution in [1.29, 1.82) is 0 Å². The number of alkyl halides is 3. The largest absolute Gasteiger partial charge is 0.418 e. The lowest BCUT2D eigenvalue weighted by Gasteiger charge is -2.14. The van der Waals surface area contributed by atoms with Gasteiger partial charge in [0.25, 0.3) is 0 Å². The van der Waals surface area contributed by atoms with Crippen molar-refractivity contribution >= 4 is 23.1 Å². The van der Waals surface area contributed by atoms with Gasteiger partial charge in [-0.1, -0.05) is 42.5 Å². The summed E-state index contributed by atoms with van der Waals surface area (Å²) in [5, 5.41) is 5.36. The molecule has 1 amide bonds. The maximum atomic E-state index is 13.0. The van der Waals surface area contributed by atoms with Crippen molar-refractivity contribution in [3.63, 3.8) is 0 Å². The number of nitrogens with zero attached hydrogens (tertiary/aromatic N) is 1. The SMILES string of the molecule is O=C(Cc1ccccc1)Nc1ccc(Nc2ccccc2C(F)(F)F)cn1. The third kappa shape index (κ3) is 5.07. The quantitative estimate of drug-likeness (QED) is 0.662. The molecule has 1 aromatic heterocycles. The number of anilines is 3. The maximum absolute atomic E-state index is 13.0. The zero-order valence-electron chi connectivity index (χ0n) is 14.1. The van der Waals surface area contributed by atoms with E-state index in [1.807, 2.05) is 30.3 Å². The summed E-state index contributed by atoms with van der Waals surface area (Å²) in [5.74, 6) is 0.0995. The number of halogens is 3. The lowest BCUT2D eigenvalue weighted by Crippen LogP contribution is -2.15. The van der Waals surface area contributed by atoms with Crippen LogP contribution in [0.15, 0.2) is 72.9 Å². The molecule has 2 aromatic carbocycles. The normalized spacial score (nSPS) is 11.1. The number of rotatable bonds is 5. The molecule has 1 heterocycles. The number of hydrogen-bond donors (Lipinski definition) is 2. The van der Waals surface area contributed by atoms with Crippen molar-refractivity contribution in [3.05, 3.63) is 84.1 Å². The average Bonchev–Trinajstić information content (AvgIpc) is 2.64. The molecular weight excluding hydrogens is 355 g/mol. The number of benzene rings is 2. The predicted octanol–water partition coefficient (Wildman–Crippen LogP) is 5.03. The van der Waals surface area contributed by atoms with E-state index in [2.05, 4.69) is 15.6 Å². The van der Waals surface area contributed by atoms with Gasteiger partial charge >= 0.3 is 6.18 Å². The molecule has 0 saturated heterocycles. The van der Waals surface area contributed by atoms with Crippen molar-refractivity contribution in [3.8, 4) is 0 Å². The molecule has 3 rings (SSSR count). The molecule has 7 heteroatoms. The first-order valence-electron chi connectivity index (χ1n) is 8.15. The van der Waals surface area contributed by atoms with Crippen LogP contribution in [-0.2, 0) is 17.4 Å². The van der Waals surface area contributed by atoms with Crippen LogP contribution in [0.1, 0.15) is 11.1 Å². The summed E-state index contributed by atoms with van der Waals surface area (Å²) >= 11 is 0. The minimum atomic E-state index is -4.46. The van der Waals surface area contributed by atoms with E-state index < -0.39 is 11.7 Å². The molecule has 0 fully saturated rings. The van der Waals surface area contributed by atoms with Crippen LogP contribution in [0.3, 0.4) is 0 Å². The first kappa shape index (κ1) is 18.4. The van der Waals surface area contributed by atoms with Gasteiger partial charge in [-0.15, -0.1) is 0 Å². The molecule has 0 aliphatic heterocycles. The van der Waals surface area contributed by atoms with Crippen LogP contribution in [0.25, 0.3) is 0 Å². The topological polar surface area (TPSA) is 54.0 Å². The highest BCUT2D eigenvalue weighted by Gasteiger charge is 2.33. The molecule has 0 atom stereocenters. The van der Waals surface area contributed by atoms with Crippen molar-refractivity contribution in [2.75, 3.05) is 10.6 Å². The molecule has 0 unspecified atom stereocenters. The van der Waals surface area contributed by atoms with Crippen molar-refractivity contribution in [2.45, 2.75) is 12.6 Å². The average molecular weight is 371 g/mol. The van der Waals surface area contributed by atoms with Gasteiger partial charge in [-0.2, -0.15) is 13.2 Å². The fourth-order valence-corrected chi connectivity index (χ4v) is 2.50. The van der Waals surface area contributed by atoms with Crippen molar-refractivity contribution < 1.29 is 18.0 Å². The van der Waals surface area contributed by atoms with Gasteiger partial charge in [-0.05, 0) is 29.8 Å². The molecule has 3 aromatic rings. The smallest absolute Gasteiger partial charge is 0.354 e. The number of pyridine rings is 1. The Bertz CT molecular complexity index is 910. The molecule has 4 nitrogen and oxygen atoms in total. The summed E-state index contributed by atoms with van der Waals surface area (Å²) in [6.45, 7) is 0. The number of aromatic nitrogens is 1. The molecule has 27 heavy (non-hydrogen) atoms. The van der Waals surface area contributed by atoms with Crippen molar-refractivity contribution in [1.82, 2.24) is 4.98 Å². The number of carbonyl (C=O) groups is 1. The predicted molar refractivity (Wildman–Crippen MR) is 97.7 cm³/mol. The second kappa shape index (κ2) is 7.90. The Morgan fingerprint density at radius 1 is 0.926 bits per heavy atom. The highest BCUT2D eigenvalue weighted by Crippen LogP contribution is 2.35. The van der Waals surface area contributed by atoms with Gasteiger partial charge in [0.2, 0.25) is 5.91 Å². The van der Waals surface area contributed by atoms with Crippen LogP contribution in [-0.4, -0.2) is 10.9 Å². The van der Waals surface area contributed by atoms with E-state index in [0.29, 0.717) is 11.5 Å². The van der Waals surface area contributed by atoms with Crippen LogP contribution in [0, 0.1) is 0 Å². The zero-order chi connectivity index (χ0) is 19.3. The third-order valence-electron chi connectivity index (χ3n) is 3.75. The van der Waals surface area contributed by atoms with E-state index in [1.165, 1.54) is 30.5 Å². The number of carbonyl (C=O) groups excluding carboxylic acids is 1. The van der Waals surface area contributed by atoms with Gasteiger partial charge < -0.3 is 10.6 Å². The molecule has 2 N–H and O–H groups in total. The summed E-state index contributed by atoms with van der Waals surface area (Å²) in [5.41, 5.74) is 0.433. The fraction of sp³-hybridized carbons (Fsp3) is 0.100. The summed E-state index contributed by atoms with van der Waals surface area (Å²) in [6.07, 6.45) is -2.88. The summed E-state index contributed by atoms with van der Waals surface area (Å²) < 4.78 is 39.1. The standard InChI is InChI=1S/C20H16F3N3O/c21-20(22,23)16-8-4-5-9-17(16)25-15-10-11-18(24-13-15)26-19(27)12-14-6-2-1-3-7-14/h1-11,13,25H,12H2,(H,24,26,27). The lowest BCUT2D eigenvalue weighted by molar-refractivity contribution is -0.136. The van der Waals surface area contributed by atoms with Gasteiger partial charge in [0.15, 0.2) is 0 Å². The Kier molecular flexibility index (Phi) is 5.40. The maximum Gasteiger partial charge on any atom is 0.418 e. The summed E-state index contributed by atoms with van der Waals surface area (Å²) in [6, 6.07) is 17.5. The van der Waals surface area contributed by atoms with Gasteiger partial charge in [0.05, 0.1) is 29.6 Å². The Labute approximate surface area is 154 Å². The van der Waals surface area contributed by atoms with E-state index in [9.17, 15) is 18.0 Å². The van der Waals surface area contributed by atoms with E-state index in [4.69, 9.17) is 0 Å². The first-order valence-corrected chi connectivity index (χ1v) is 8.15.